The second-order valence-corrected chi connectivity index (χ2v) is 3.15. The second kappa shape index (κ2) is 3.26. The van der Waals surface area contributed by atoms with E-state index in [4.69, 9.17) is 0 Å². The Kier molecular flexibility index (Phi) is 2.08. The van der Waals surface area contributed by atoms with Crippen molar-refractivity contribution in [3.8, 4) is 0 Å². The topological polar surface area (TPSA) is 63.7 Å². The molecule has 1 aromatic rings. The highest BCUT2D eigenvalue weighted by molar-refractivity contribution is 5.81. The molecule has 0 atom stereocenters. The molecule has 0 fully saturated rings. The summed E-state index contributed by atoms with van der Waals surface area (Å²) in [6.45, 7) is 2.44. The zero-order valence-electron chi connectivity index (χ0n) is 8.41. The van der Waals surface area contributed by atoms with E-state index in [1.54, 1.807) is 16.5 Å². The Morgan fingerprint density at radius 1 is 1.43 bits per heavy atom. The quantitative estimate of drug-likeness (QED) is 0.669. The number of hydrogen-bond acceptors (Lipinski definition) is 5. The lowest BCUT2D eigenvalue weighted by Crippen LogP contribution is -2.17. The summed E-state index contributed by atoms with van der Waals surface area (Å²) in [6, 6.07) is 0. The first-order valence-electron chi connectivity index (χ1n) is 4.28. The van der Waals surface area contributed by atoms with Crippen LogP contribution in [-0.4, -0.2) is 37.8 Å². The Labute approximate surface area is 82.0 Å². The molecule has 0 aliphatic carbocycles. The van der Waals surface area contributed by atoms with Gasteiger partial charge in [-0.25, -0.2) is 0 Å². The van der Waals surface area contributed by atoms with Crippen LogP contribution < -0.4 is 0 Å². The van der Waals surface area contributed by atoms with E-state index in [1.807, 2.05) is 25.6 Å². The molecule has 7 heteroatoms. The molecule has 0 unspecified atom stereocenters. The molecule has 7 nitrogen and oxygen atoms in total. The zero-order chi connectivity index (χ0) is 10.1. The highest BCUT2D eigenvalue weighted by Gasteiger charge is 2.07. The number of amidine groups is 1. The van der Waals surface area contributed by atoms with Crippen LogP contribution in [0.15, 0.2) is 11.4 Å². The Morgan fingerprint density at radius 2 is 2.21 bits per heavy atom. The average Bonchev–Trinajstić information content (AvgIpc) is 2.63. The third kappa shape index (κ3) is 1.53. The van der Waals surface area contributed by atoms with Gasteiger partial charge in [0.1, 0.15) is 12.2 Å². The molecular weight excluding hydrogens is 182 g/mol. The number of aromatic nitrogens is 3. The van der Waals surface area contributed by atoms with Crippen LogP contribution in [-0.2, 0) is 13.6 Å². The zero-order valence-corrected chi connectivity index (χ0v) is 8.41. The van der Waals surface area contributed by atoms with E-state index in [0.717, 1.165) is 11.7 Å². The predicted octanol–water partition coefficient (Wildman–Crippen LogP) is 0.0996. The number of hydrogen-bond donors (Lipinski definition) is 0. The standard InChI is InChI=1S/C7H12N7/c1-6-10-14(11-13(6)3)4-7-9-8-5-12(7)2/h5H,4H2,1-3H3/q-1. The van der Waals surface area contributed by atoms with E-state index in [2.05, 4.69) is 20.8 Å². The van der Waals surface area contributed by atoms with E-state index in [0.29, 0.717) is 6.54 Å². The molecule has 14 heavy (non-hydrogen) atoms. The summed E-state index contributed by atoms with van der Waals surface area (Å²) in [5.41, 5.74) is 4.17. The normalized spacial score (nSPS) is 16.4. The summed E-state index contributed by atoms with van der Waals surface area (Å²) < 4.78 is 1.85. The summed E-state index contributed by atoms with van der Waals surface area (Å²) in [4.78, 5) is 0. The SMILES string of the molecule is CC1=NN(Cc2nncn2C)[N-]N1C. The monoisotopic (exact) mass is 194 g/mol. The van der Waals surface area contributed by atoms with Crippen molar-refractivity contribution in [3.63, 3.8) is 0 Å². The summed E-state index contributed by atoms with van der Waals surface area (Å²) in [5.74, 6) is 1.70. The van der Waals surface area contributed by atoms with E-state index in [1.165, 1.54) is 0 Å². The molecule has 0 spiro atoms. The molecule has 1 aliphatic rings. The maximum absolute atomic E-state index is 4.21. The summed E-state index contributed by atoms with van der Waals surface area (Å²) >= 11 is 0. The Bertz CT molecular complexity index is 355. The lowest BCUT2D eigenvalue weighted by Gasteiger charge is -2.33. The summed E-state index contributed by atoms with van der Waals surface area (Å²) in [7, 11) is 3.75. The van der Waals surface area contributed by atoms with Crippen LogP contribution in [0.4, 0.5) is 0 Å². The minimum Gasteiger partial charge on any atom is -0.455 e. The highest BCUT2D eigenvalue weighted by Crippen LogP contribution is 2.16. The van der Waals surface area contributed by atoms with Gasteiger partial charge in [-0.05, 0) is 14.0 Å². The summed E-state index contributed by atoms with van der Waals surface area (Å²) in [5, 5.41) is 15.3. The maximum Gasteiger partial charge on any atom is 0.152 e. The molecule has 0 radical (unpaired) electrons. The van der Waals surface area contributed by atoms with Gasteiger partial charge in [0.05, 0.1) is 6.54 Å². The first kappa shape index (κ1) is 8.95. The Morgan fingerprint density at radius 3 is 2.71 bits per heavy atom. The third-order valence-corrected chi connectivity index (χ3v) is 2.05. The molecule has 0 saturated heterocycles. The van der Waals surface area contributed by atoms with Crippen molar-refractivity contribution in [1.82, 2.24) is 24.9 Å². The molecule has 0 N–H and O–H groups in total. The van der Waals surface area contributed by atoms with Gasteiger partial charge in [-0.15, -0.1) is 10.2 Å². The van der Waals surface area contributed by atoms with Gasteiger partial charge >= 0.3 is 0 Å². The largest absolute Gasteiger partial charge is 0.455 e. The van der Waals surface area contributed by atoms with Gasteiger partial charge in [-0.1, -0.05) is 0 Å². The van der Waals surface area contributed by atoms with Crippen LogP contribution in [0.5, 0.6) is 0 Å². The van der Waals surface area contributed by atoms with Crippen LogP contribution in [0.25, 0.3) is 5.53 Å². The van der Waals surface area contributed by atoms with Gasteiger partial charge in [0.2, 0.25) is 0 Å². The van der Waals surface area contributed by atoms with Crippen LogP contribution >= 0.6 is 0 Å². The first-order chi connectivity index (χ1) is 6.66. The molecule has 0 amide bonds. The first-order valence-corrected chi connectivity index (χ1v) is 4.28. The van der Waals surface area contributed by atoms with Crippen molar-refractivity contribution < 1.29 is 0 Å². The van der Waals surface area contributed by atoms with Crippen LogP contribution in [0.3, 0.4) is 0 Å². The number of aryl methyl sites for hydroxylation is 1. The van der Waals surface area contributed by atoms with Crippen molar-refractivity contribution in [2.45, 2.75) is 13.5 Å². The van der Waals surface area contributed by atoms with E-state index >= 15 is 0 Å². The Balaban J connectivity index is 2.04. The van der Waals surface area contributed by atoms with Gasteiger partial charge in [0.15, 0.2) is 5.82 Å². The minimum atomic E-state index is 0.540. The molecule has 0 saturated carbocycles. The Hall–Kier alpha value is -1.63. The molecule has 76 valence electrons. The van der Waals surface area contributed by atoms with Gasteiger partial charge < -0.3 is 20.2 Å². The fourth-order valence-corrected chi connectivity index (χ4v) is 1.12. The van der Waals surface area contributed by atoms with Gasteiger partial charge in [-0.3, -0.25) is 0 Å². The number of rotatable bonds is 2. The van der Waals surface area contributed by atoms with Gasteiger partial charge in [0.25, 0.3) is 0 Å². The lowest BCUT2D eigenvalue weighted by molar-refractivity contribution is 0.318. The van der Waals surface area contributed by atoms with E-state index in [-0.39, 0.29) is 0 Å². The van der Waals surface area contributed by atoms with Crippen molar-refractivity contribution in [3.05, 3.63) is 17.7 Å². The average molecular weight is 194 g/mol. The predicted molar refractivity (Wildman–Crippen MR) is 50.8 cm³/mol. The van der Waals surface area contributed by atoms with Gasteiger partial charge in [0, 0.05) is 7.05 Å². The molecule has 0 bridgehead atoms. The van der Waals surface area contributed by atoms with E-state index in [9.17, 15) is 0 Å². The van der Waals surface area contributed by atoms with Crippen LogP contribution in [0.1, 0.15) is 12.7 Å². The van der Waals surface area contributed by atoms with Crippen molar-refractivity contribution >= 4 is 5.84 Å². The van der Waals surface area contributed by atoms with Crippen molar-refractivity contribution in [2.75, 3.05) is 7.05 Å². The number of nitrogens with zero attached hydrogens (tertiary/aromatic N) is 7. The number of hydrazone groups is 1. The lowest BCUT2D eigenvalue weighted by atomic mass is 10.6. The molecular formula is C7H12N7-. The van der Waals surface area contributed by atoms with E-state index < -0.39 is 0 Å². The fourth-order valence-electron chi connectivity index (χ4n) is 1.12. The molecule has 2 heterocycles. The van der Waals surface area contributed by atoms with Crippen molar-refractivity contribution in [1.29, 1.82) is 0 Å². The molecule has 1 aliphatic heterocycles. The van der Waals surface area contributed by atoms with Crippen molar-refractivity contribution in [2.24, 2.45) is 12.1 Å². The molecule has 0 aromatic carbocycles. The summed E-state index contributed by atoms with van der Waals surface area (Å²) in [6.07, 6.45) is 1.66. The molecule has 2 rings (SSSR count). The maximum atomic E-state index is 4.21. The second-order valence-electron chi connectivity index (χ2n) is 3.15. The van der Waals surface area contributed by atoms with Gasteiger partial charge in [-0.2, -0.15) is 5.10 Å². The smallest absolute Gasteiger partial charge is 0.152 e. The highest BCUT2D eigenvalue weighted by atomic mass is 15.9. The van der Waals surface area contributed by atoms with Crippen LogP contribution in [0.2, 0.25) is 0 Å². The fraction of sp³-hybridized carbons (Fsp3) is 0.571. The third-order valence-electron chi connectivity index (χ3n) is 2.05. The molecule has 1 aromatic heterocycles. The van der Waals surface area contributed by atoms with Crippen LogP contribution in [0, 0.1) is 0 Å². The minimum absolute atomic E-state index is 0.540.